The third-order valence-corrected chi connectivity index (χ3v) is 0.763. The van der Waals surface area contributed by atoms with Crippen LogP contribution in [0, 0.1) is 13.8 Å². The van der Waals surface area contributed by atoms with E-state index in [2.05, 4.69) is 13.8 Å². The molecule has 0 saturated heterocycles. The van der Waals surface area contributed by atoms with Crippen molar-refractivity contribution < 1.29 is 37.8 Å². The van der Waals surface area contributed by atoms with Crippen molar-refractivity contribution in [3.8, 4) is 0 Å². The van der Waals surface area contributed by atoms with E-state index in [0.29, 0.717) is 0 Å². The van der Waals surface area contributed by atoms with Gasteiger partial charge in [0.05, 0.1) is 5.60 Å². The first-order valence-electron chi connectivity index (χ1n) is 3.80. The van der Waals surface area contributed by atoms with E-state index in [1.54, 1.807) is 20.8 Å². The van der Waals surface area contributed by atoms with Crippen LogP contribution in [0.4, 0.5) is 0 Å². The third kappa shape index (κ3) is 43.9. The van der Waals surface area contributed by atoms with Crippen molar-refractivity contribution in [2.24, 2.45) is 0 Å². The van der Waals surface area contributed by atoms with Crippen molar-refractivity contribution in [2.45, 2.75) is 26.4 Å². The maximum absolute atomic E-state index is 8.52. The minimum Gasteiger partial charge on any atom is -0.391 e. The zero-order chi connectivity index (χ0) is 9.49. The Balaban J connectivity index is -0.000000126. The Morgan fingerprint density at radius 2 is 1.33 bits per heavy atom. The Kier molecular flexibility index (Phi) is 15.8. The first-order valence-corrected chi connectivity index (χ1v) is 3.80. The molecular formula is C9H21NOY-2. The molecule has 0 saturated carbocycles. The molecule has 0 aliphatic carbocycles. The van der Waals surface area contributed by atoms with Crippen molar-refractivity contribution in [1.29, 1.82) is 0 Å². The van der Waals surface area contributed by atoms with Crippen molar-refractivity contribution in [3.63, 3.8) is 0 Å². The summed E-state index contributed by atoms with van der Waals surface area (Å²) in [5, 5.41) is 8.52. The van der Waals surface area contributed by atoms with Crippen LogP contribution in [-0.4, -0.2) is 35.7 Å². The summed E-state index contributed by atoms with van der Waals surface area (Å²) in [4.78, 5) is 2.03. The Morgan fingerprint density at radius 1 is 1.17 bits per heavy atom. The summed E-state index contributed by atoms with van der Waals surface area (Å²) < 4.78 is 0. The van der Waals surface area contributed by atoms with Crippen LogP contribution in [0.5, 0.6) is 0 Å². The monoisotopic (exact) mass is 248 g/mol. The number of hydrogen-bond donors (Lipinski definition) is 1. The van der Waals surface area contributed by atoms with E-state index in [1.165, 1.54) is 0 Å². The second-order valence-corrected chi connectivity index (χ2v) is 3.47. The number of hydrogen-bond acceptors (Lipinski definition) is 2. The Morgan fingerprint density at radius 3 is 1.33 bits per heavy atom. The number of aliphatic hydroxyl groups is 1. The van der Waals surface area contributed by atoms with Crippen molar-refractivity contribution in [3.05, 3.63) is 13.8 Å². The van der Waals surface area contributed by atoms with E-state index in [1.807, 2.05) is 11.9 Å². The van der Waals surface area contributed by atoms with Crippen molar-refractivity contribution in [1.82, 2.24) is 4.90 Å². The van der Waals surface area contributed by atoms with Crippen LogP contribution in [0.15, 0.2) is 0 Å². The summed E-state index contributed by atoms with van der Waals surface area (Å²) in [5.74, 6) is 0. The van der Waals surface area contributed by atoms with Crippen LogP contribution in [0.2, 0.25) is 0 Å². The van der Waals surface area contributed by atoms with Gasteiger partial charge in [-0.25, -0.2) is 0 Å². The Bertz CT molecular complexity index is 71.1. The summed E-state index contributed by atoms with van der Waals surface area (Å²) in [6.07, 6.45) is 0. The molecule has 0 spiro atoms. The molecule has 3 heteroatoms. The fraction of sp³-hybridized carbons (Fsp3) is 0.778. The van der Waals surface area contributed by atoms with E-state index in [0.717, 1.165) is 13.1 Å². The zero-order valence-electron chi connectivity index (χ0n) is 8.80. The molecule has 12 heavy (non-hydrogen) atoms. The fourth-order valence-electron chi connectivity index (χ4n) is 0.112. The van der Waals surface area contributed by atoms with Gasteiger partial charge in [-0.2, -0.15) is 0 Å². The summed E-state index contributed by atoms with van der Waals surface area (Å²) in [6.45, 7) is 14.2. The predicted octanol–water partition coefficient (Wildman–Crippen LogP) is 1.36. The molecule has 0 atom stereocenters. The van der Waals surface area contributed by atoms with Crippen LogP contribution in [-0.2, 0) is 32.7 Å². The largest absolute Gasteiger partial charge is 0.391 e. The molecule has 0 bridgehead atoms. The molecule has 2 nitrogen and oxygen atoms in total. The minimum atomic E-state index is -0.500. The maximum Gasteiger partial charge on any atom is 0.0563 e. The Labute approximate surface area is 103 Å². The summed E-state index contributed by atoms with van der Waals surface area (Å²) >= 11 is 0. The van der Waals surface area contributed by atoms with E-state index in [9.17, 15) is 0 Å². The molecule has 0 aromatic heterocycles. The minimum absolute atomic E-state index is 0. The number of nitrogens with zero attached hydrogens (tertiary/aromatic N) is 1. The average Bonchev–Trinajstić information content (AvgIpc) is 1.83. The van der Waals surface area contributed by atoms with Crippen LogP contribution >= 0.6 is 0 Å². The van der Waals surface area contributed by atoms with E-state index < -0.39 is 5.60 Å². The second kappa shape index (κ2) is 10.1. The van der Waals surface area contributed by atoms with Crippen LogP contribution in [0.3, 0.4) is 0 Å². The van der Waals surface area contributed by atoms with Gasteiger partial charge >= 0.3 is 0 Å². The molecule has 0 amide bonds. The molecule has 0 aromatic carbocycles. The molecule has 0 heterocycles. The van der Waals surface area contributed by atoms with Gasteiger partial charge in [0.15, 0.2) is 0 Å². The predicted molar refractivity (Wildman–Crippen MR) is 50.2 cm³/mol. The molecule has 0 rings (SSSR count). The van der Waals surface area contributed by atoms with Crippen LogP contribution in [0.25, 0.3) is 0 Å². The maximum atomic E-state index is 8.52. The quantitative estimate of drug-likeness (QED) is 0.746. The van der Waals surface area contributed by atoms with Gasteiger partial charge < -0.3 is 23.9 Å². The topological polar surface area (TPSA) is 23.5 Å². The molecule has 1 radical (unpaired) electrons. The average molecular weight is 248 g/mol. The number of rotatable bonds is 2. The van der Waals surface area contributed by atoms with Crippen LogP contribution in [0.1, 0.15) is 20.8 Å². The van der Waals surface area contributed by atoms with E-state index in [-0.39, 0.29) is 32.7 Å². The van der Waals surface area contributed by atoms with E-state index in [4.69, 9.17) is 5.11 Å². The first-order chi connectivity index (χ1) is 4.81. The molecule has 0 aliphatic rings. The van der Waals surface area contributed by atoms with Gasteiger partial charge in [-0.3, -0.25) is 0 Å². The van der Waals surface area contributed by atoms with Gasteiger partial charge in [-0.15, -0.1) is 13.1 Å². The molecule has 0 unspecified atom stereocenters. The third-order valence-electron chi connectivity index (χ3n) is 0.763. The molecule has 0 fully saturated rings. The van der Waals surface area contributed by atoms with Crippen molar-refractivity contribution in [2.75, 3.05) is 20.1 Å². The molecule has 0 aromatic rings. The molecule has 73 valence electrons. The first kappa shape index (κ1) is 18.7. The summed E-state index contributed by atoms with van der Waals surface area (Å²) in [6, 6.07) is 0. The van der Waals surface area contributed by atoms with Gasteiger partial charge in [0.1, 0.15) is 0 Å². The van der Waals surface area contributed by atoms with Gasteiger partial charge in [-0.05, 0) is 27.8 Å². The SMILES string of the molecule is CC(C)(C)O.[CH2-]CN(C)C[CH2-].[Y]. The van der Waals surface area contributed by atoms with Crippen molar-refractivity contribution >= 4 is 0 Å². The normalized spacial score (nSPS) is 10.0. The summed E-state index contributed by atoms with van der Waals surface area (Å²) in [5.41, 5.74) is -0.500. The molecule has 0 aliphatic heterocycles. The van der Waals surface area contributed by atoms with Gasteiger partial charge in [0.2, 0.25) is 0 Å². The standard InChI is InChI=1S/C5H11N.C4H10O.Y/c1-4-6(3)5-2;1-4(2,3)5;/h1-2,4-5H2,3H3;5H,1-3H3;/q-2;;. The fourth-order valence-corrected chi connectivity index (χ4v) is 0.112. The van der Waals surface area contributed by atoms with Crippen LogP contribution < -0.4 is 0 Å². The van der Waals surface area contributed by atoms with Gasteiger partial charge in [0, 0.05) is 32.7 Å². The van der Waals surface area contributed by atoms with Gasteiger partial charge in [-0.1, -0.05) is 0 Å². The smallest absolute Gasteiger partial charge is 0.0563 e. The van der Waals surface area contributed by atoms with Gasteiger partial charge in [0.25, 0.3) is 0 Å². The second-order valence-electron chi connectivity index (χ2n) is 3.47. The zero-order valence-corrected chi connectivity index (χ0v) is 11.6. The van der Waals surface area contributed by atoms with E-state index >= 15 is 0 Å². The molecule has 1 N–H and O–H groups in total. The summed E-state index contributed by atoms with van der Waals surface area (Å²) in [7, 11) is 1.99. The Hall–Kier alpha value is 1.02. The molecular weight excluding hydrogens is 227 g/mol.